The Morgan fingerprint density at radius 3 is 2.43 bits per heavy atom. The molecule has 1 aromatic heterocycles. The first kappa shape index (κ1) is 18.2. The second-order valence-electron chi connectivity index (χ2n) is 7.54. The molecule has 148 valence electrons. The van der Waals surface area contributed by atoms with E-state index < -0.39 is 0 Å². The molecule has 0 unspecified atom stereocenters. The fourth-order valence-electron chi connectivity index (χ4n) is 4.11. The average Bonchev–Trinajstić information content (AvgIpc) is 3.12. The molecule has 0 spiro atoms. The molecule has 1 aliphatic heterocycles. The zero-order chi connectivity index (χ0) is 20.7. The Kier molecular flexibility index (Phi) is 4.36. The minimum Gasteiger partial charge on any atom is -0.329 e. The van der Waals surface area contributed by atoms with Crippen molar-refractivity contribution in [3.05, 3.63) is 101 Å². The number of allylic oxidation sites excluding steroid dienone is 1. The summed E-state index contributed by atoms with van der Waals surface area (Å²) in [6.45, 7) is 3.93. The van der Waals surface area contributed by atoms with E-state index in [1.807, 2.05) is 80.6 Å². The van der Waals surface area contributed by atoms with Gasteiger partial charge in [-0.2, -0.15) is 0 Å². The van der Waals surface area contributed by atoms with Gasteiger partial charge in [0.15, 0.2) is 0 Å². The minimum absolute atomic E-state index is 0.119. The maximum Gasteiger partial charge on any atom is 0.255 e. The summed E-state index contributed by atoms with van der Waals surface area (Å²) in [6.07, 6.45) is 0. The largest absolute Gasteiger partial charge is 0.329 e. The first-order chi connectivity index (χ1) is 14.6. The highest BCUT2D eigenvalue weighted by Gasteiger charge is 2.34. The van der Waals surface area contributed by atoms with Crippen LogP contribution in [0.1, 0.15) is 24.1 Å². The van der Waals surface area contributed by atoms with Crippen molar-refractivity contribution in [2.45, 2.75) is 19.9 Å². The number of hydrogen-bond donors (Lipinski definition) is 2. The lowest BCUT2D eigenvalue weighted by atomic mass is 9.94. The van der Waals surface area contributed by atoms with E-state index in [4.69, 9.17) is 4.98 Å². The van der Waals surface area contributed by atoms with Gasteiger partial charge in [0.1, 0.15) is 0 Å². The number of nitrogens with zero attached hydrogens (tertiary/aromatic N) is 2. The lowest BCUT2D eigenvalue weighted by molar-refractivity contribution is -0.113. The zero-order valence-electron chi connectivity index (χ0n) is 16.9. The standard InChI is InChI=1S/C25H22N4O/c1-16-10-6-7-13-19(16)27-24(30)22-17(2)26-25-28-20-14-8-9-15-21(20)29(25)23(22)18-11-4-3-5-12-18/h3-15,23H,1-2H3,(H,26,28)(H,27,30)/t23-/m0/s1. The van der Waals surface area contributed by atoms with Crippen molar-refractivity contribution in [3.63, 3.8) is 0 Å². The van der Waals surface area contributed by atoms with E-state index in [-0.39, 0.29) is 11.9 Å². The van der Waals surface area contributed by atoms with Crippen molar-refractivity contribution in [3.8, 4) is 0 Å². The van der Waals surface area contributed by atoms with Crippen LogP contribution < -0.4 is 10.6 Å². The predicted octanol–water partition coefficient (Wildman–Crippen LogP) is 5.27. The van der Waals surface area contributed by atoms with Gasteiger partial charge in [0.25, 0.3) is 5.91 Å². The molecule has 1 amide bonds. The molecule has 5 rings (SSSR count). The highest BCUT2D eigenvalue weighted by Crippen LogP contribution is 2.39. The highest BCUT2D eigenvalue weighted by molar-refractivity contribution is 6.06. The molecule has 0 radical (unpaired) electrons. The molecule has 0 saturated carbocycles. The molecule has 30 heavy (non-hydrogen) atoms. The molecule has 5 nitrogen and oxygen atoms in total. The fraction of sp³-hybridized carbons (Fsp3) is 0.120. The third-order valence-corrected chi connectivity index (χ3v) is 5.58. The second kappa shape index (κ2) is 7.19. The van der Waals surface area contributed by atoms with Crippen LogP contribution in [0.4, 0.5) is 11.6 Å². The smallest absolute Gasteiger partial charge is 0.255 e. The number of aromatic nitrogens is 2. The monoisotopic (exact) mass is 394 g/mol. The van der Waals surface area contributed by atoms with E-state index in [0.717, 1.165) is 39.5 Å². The van der Waals surface area contributed by atoms with Crippen LogP contribution in [0, 0.1) is 6.92 Å². The normalized spacial score (nSPS) is 15.6. The highest BCUT2D eigenvalue weighted by atomic mass is 16.1. The number of anilines is 2. The van der Waals surface area contributed by atoms with Crippen LogP contribution in [0.2, 0.25) is 0 Å². The van der Waals surface area contributed by atoms with Gasteiger partial charge in [-0.05, 0) is 43.2 Å². The molecule has 5 heteroatoms. The molecular formula is C25H22N4O. The van der Waals surface area contributed by atoms with Gasteiger partial charge >= 0.3 is 0 Å². The number of amides is 1. The number of carbonyl (C=O) groups is 1. The Balaban J connectivity index is 1.67. The number of fused-ring (bicyclic) bond motifs is 3. The van der Waals surface area contributed by atoms with Gasteiger partial charge in [0.2, 0.25) is 5.95 Å². The van der Waals surface area contributed by atoms with Gasteiger partial charge < -0.3 is 10.6 Å². The summed E-state index contributed by atoms with van der Waals surface area (Å²) in [5, 5.41) is 6.46. The molecule has 1 aliphatic rings. The maximum absolute atomic E-state index is 13.5. The van der Waals surface area contributed by atoms with Gasteiger partial charge in [-0.15, -0.1) is 0 Å². The summed E-state index contributed by atoms with van der Waals surface area (Å²) >= 11 is 0. The van der Waals surface area contributed by atoms with E-state index in [2.05, 4.69) is 27.3 Å². The van der Waals surface area contributed by atoms with Crippen LogP contribution in [-0.4, -0.2) is 15.5 Å². The van der Waals surface area contributed by atoms with Gasteiger partial charge in [0.05, 0.1) is 22.6 Å². The molecule has 0 fully saturated rings. The van der Waals surface area contributed by atoms with Gasteiger partial charge in [0, 0.05) is 11.4 Å². The van der Waals surface area contributed by atoms with E-state index in [1.54, 1.807) is 0 Å². The molecule has 4 aromatic rings. The topological polar surface area (TPSA) is 59.0 Å². The van der Waals surface area contributed by atoms with Gasteiger partial charge in [-0.25, -0.2) is 4.98 Å². The SMILES string of the molecule is CC1=C(C(=O)Nc2ccccc2C)[C@H](c2ccccc2)n2c(nc3ccccc32)N1. The second-order valence-corrected chi connectivity index (χ2v) is 7.54. The predicted molar refractivity (Wildman–Crippen MR) is 120 cm³/mol. The first-order valence-electron chi connectivity index (χ1n) is 10.00. The Hall–Kier alpha value is -3.86. The van der Waals surface area contributed by atoms with Crippen LogP contribution in [0.25, 0.3) is 11.0 Å². The van der Waals surface area contributed by atoms with Gasteiger partial charge in [-0.3, -0.25) is 9.36 Å². The van der Waals surface area contributed by atoms with E-state index >= 15 is 0 Å². The molecule has 3 aromatic carbocycles. The minimum atomic E-state index is -0.279. The number of benzene rings is 3. The Morgan fingerprint density at radius 1 is 0.933 bits per heavy atom. The summed E-state index contributed by atoms with van der Waals surface area (Å²) in [6, 6.07) is 25.7. The number of rotatable bonds is 3. The van der Waals surface area contributed by atoms with Crippen molar-refractivity contribution in [1.82, 2.24) is 9.55 Å². The van der Waals surface area contributed by atoms with Gasteiger partial charge in [-0.1, -0.05) is 60.7 Å². The van der Waals surface area contributed by atoms with Crippen LogP contribution in [0.3, 0.4) is 0 Å². The number of imidazole rings is 1. The average molecular weight is 394 g/mol. The third kappa shape index (κ3) is 2.95. The number of carbonyl (C=O) groups excluding carboxylic acids is 1. The summed E-state index contributed by atoms with van der Waals surface area (Å²) in [5.41, 5.74) is 6.25. The summed E-state index contributed by atoms with van der Waals surface area (Å²) in [4.78, 5) is 18.3. The number of hydrogen-bond acceptors (Lipinski definition) is 3. The quantitative estimate of drug-likeness (QED) is 0.497. The molecule has 2 N–H and O–H groups in total. The number of aryl methyl sites for hydroxylation is 1. The fourth-order valence-corrected chi connectivity index (χ4v) is 4.11. The summed E-state index contributed by atoms with van der Waals surface area (Å²) < 4.78 is 2.12. The molecule has 0 saturated heterocycles. The zero-order valence-corrected chi connectivity index (χ0v) is 16.9. The van der Waals surface area contributed by atoms with Crippen molar-refractivity contribution in [2.24, 2.45) is 0 Å². The maximum atomic E-state index is 13.5. The van der Waals surface area contributed by atoms with E-state index in [0.29, 0.717) is 5.57 Å². The molecule has 1 atom stereocenters. The van der Waals surface area contributed by atoms with Crippen LogP contribution in [-0.2, 0) is 4.79 Å². The molecule has 0 aliphatic carbocycles. The first-order valence-corrected chi connectivity index (χ1v) is 10.00. The molecule has 2 heterocycles. The summed E-state index contributed by atoms with van der Waals surface area (Å²) in [5.74, 6) is 0.626. The number of para-hydroxylation sites is 3. The Morgan fingerprint density at radius 2 is 1.63 bits per heavy atom. The summed E-state index contributed by atoms with van der Waals surface area (Å²) in [7, 11) is 0. The van der Waals surface area contributed by atoms with Crippen molar-refractivity contribution >= 4 is 28.6 Å². The third-order valence-electron chi connectivity index (χ3n) is 5.58. The van der Waals surface area contributed by atoms with E-state index in [9.17, 15) is 4.79 Å². The van der Waals surface area contributed by atoms with Crippen molar-refractivity contribution in [1.29, 1.82) is 0 Å². The lowest BCUT2D eigenvalue weighted by Gasteiger charge is -2.30. The van der Waals surface area contributed by atoms with Crippen molar-refractivity contribution < 1.29 is 4.79 Å². The molecular weight excluding hydrogens is 372 g/mol. The van der Waals surface area contributed by atoms with Crippen molar-refractivity contribution in [2.75, 3.05) is 10.6 Å². The lowest BCUT2D eigenvalue weighted by Crippen LogP contribution is -2.31. The Bertz CT molecular complexity index is 1290. The van der Waals surface area contributed by atoms with Crippen LogP contribution in [0.5, 0.6) is 0 Å². The van der Waals surface area contributed by atoms with Crippen LogP contribution in [0.15, 0.2) is 90.1 Å². The number of nitrogens with one attached hydrogen (secondary N) is 2. The Labute approximate surface area is 175 Å². The molecule has 0 bridgehead atoms. The van der Waals surface area contributed by atoms with Crippen LogP contribution >= 0.6 is 0 Å². The van der Waals surface area contributed by atoms with E-state index in [1.165, 1.54) is 0 Å².